The molecule has 0 radical (unpaired) electrons. The fraction of sp³-hybridized carbons (Fsp3) is 0.200. The minimum Gasteiger partial charge on any atom is -0.464 e. The second-order valence-corrected chi connectivity index (χ2v) is 4.96. The van der Waals surface area contributed by atoms with Crippen LogP contribution in [0.15, 0.2) is 24.3 Å². The molecule has 1 heterocycles. The van der Waals surface area contributed by atoms with Crippen LogP contribution >= 0.6 is 11.6 Å². The van der Waals surface area contributed by atoms with Crippen LogP contribution < -0.4 is 5.73 Å². The second-order valence-electron chi connectivity index (χ2n) is 4.58. The molecule has 2 rings (SSSR count). The maximum atomic E-state index is 14.3. The monoisotopic (exact) mass is 326 g/mol. The summed E-state index contributed by atoms with van der Waals surface area (Å²) in [5.74, 6) is -1.68. The number of nitrogen functional groups attached to an aromatic ring is 1. The third kappa shape index (κ3) is 2.87. The molecule has 2 N–H and O–H groups in total. The highest BCUT2D eigenvalue weighted by Crippen LogP contribution is 2.32. The highest BCUT2D eigenvalue weighted by molar-refractivity contribution is 6.35. The molecule has 0 spiro atoms. The summed E-state index contributed by atoms with van der Waals surface area (Å²) in [6.45, 7) is 1.39. The molecule has 1 aromatic carbocycles. The number of rotatable bonds is 3. The van der Waals surface area contributed by atoms with Crippen LogP contribution in [0.3, 0.4) is 0 Å². The van der Waals surface area contributed by atoms with Gasteiger partial charge < -0.3 is 10.5 Å². The van der Waals surface area contributed by atoms with Crippen molar-refractivity contribution in [3.8, 4) is 11.3 Å². The molecule has 0 saturated heterocycles. The predicted molar refractivity (Wildman–Crippen MR) is 79.9 cm³/mol. The molecular weight excluding hydrogens is 314 g/mol. The zero-order valence-electron chi connectivity index (χ0n) is 11.9. The Kier molecular flexibility index (Phi) is 4.61. The molecule has 22 heavy (non-hydrogen) atoms. The Morgan fingerprint density at radius 3 is 2.45 bits per heavy atom. The van der Waals surface area contributed by atoms with E-state index in [1.165, 1.54) is 31.2 Å². The van der Waals surface area contributed by atoms with Gasteiger partial charge in [0.15, 0.2) is 11.5 Å². The van der Waals surface area contributed by atoms with Crippen LogP contribution in [-0.4, -0.2) is 18.1 Å². The van der Waals surface area contributed by atoms with Gasteiger partial charge in [-0.05, 0) is 12.5 Å². The number of carbonyl (C=O) groups is 1. The van der Waals surface area contributed by atoms with Gasteiger partial charge in [0.25, 0.3) is 0 Å². The third-order valence-electron chi connectivity index (χ3n) is 3.13. The number of hydrogen-bond acceptors (Lipinski definition) is 4. The molecule has 1 aromatic heterocycles. The standard InChI is InChI=1S/C15H13ClF2N2O2/c1-7(17)8-3-5-9(6-4-8)13-11(18)12(19)10(16)14(20-13)15(21)22-2/h3-7H,1-2H3,(H2,19,20). The summed E-state index contributed by atoms with van der Waals surface area (Å²) in [5, 5.41) is -0.304. The Labute approximate surface area is 130 Å². The van der Waals surface area contributed by atoms with Crippen LogP contribution in [0.4, 0.5) is 14.5 Å². The fourth-order valence-electron chi connectivity index (χ4n) is 1.89. The lowest BCUT2D eigenvalue weighted by Gasteiger charge is -2.11. The first kappa shape index (κ1) is 16.2. The normalized spacial score (nSPS) is 12.0. The Morgan fingerprint density at radius 1 is 1.36 bits per heavy atom. The summed E-state index contributed by atoms with van der Waals surface area (Å²) >= 11 is 5.82. The average Bonchev–Trinajstić information content (AvgIpc) is 2.52. The Balaban J connectivity index is 2.59. The topological polar surface area (TPSA) is 65.2 Å². The smallest absolute Gasteiger partial charge is 0.358 e. The van der Waals surface area contributed by atoms with Crippen molar-refractivity contribution in [1.29, 1.82) is 0 Å². The van der Waals surface area contributed by atoms with Gasteiger partial charge in [0.1, 0.15) is 11.9 Å². The molecule has 0 aliphatic rings. The molecule has 2 aromatic rings. The van der Waals surface area contributed by atoms with Crippen molar-refractivity contribution < 1.29 is 18.3 Å². The molecule has 0 fully saturated rings. The molecule has 4 nitrogen and oxygen atoms in total. The van der Waals surface area contributed by atoms with Crippen LogP contribution in [-0.2, 0) is 4.74 Å². The minimum atomic E-state index is -1.15. The Morgan fingerprint density at radius 2 is 1.95 bits per heavy atom. The molecule has 0 aliphatic carbocycles. The van der Waals surface area contributed by atoms with E-state index < -0.39 is 23.6 Å². The van der Waals surface area contributed by atoms with E-state index in [1.807, 2.05) is 0 Å². The van der Waals surface area contributed by atoms with E-state index >= 15 is 0 Å². The number of pyridine rings is 1. The summed E-state index contributed by atoms with van der Waals surface area (Å²) in [6.07, 6.45) is -1.15. The number of hydrogen-bond donors (Lipinski definition) is 1. The van der Waals surface area contributed by atoms with Crippen molar-refractivity contribution in [2.45, 2.75) is 13.1 Å². The first-order chi connectivity index (χ1) is 10.4. The van der Waals surface area contributed by atoms with Gasteiger partial charge in [0, 0.05) is 5.56 Å². The zero-order valence-corrected chi connectivity index (χ0v) is 12.6. The number of methoxy groups -OCH3 is 1. The number of nitrogens with two attached hydrogens (primary N) is 1. The highest BCUT2D eigenvalue weighted by Gasteiger charge is 2.22. The third-order valence-corrected chi connectivity index (χ3v) is 3.52. The maximum Gasteiger partial charge on any atom is 0.358 e. The molecule has 0 saturated carbocycles. The number of aromatic nitrogens is 1. The van der Waals surface area contributed by atoms with Crippen molar-refractivity contribution in [2.75, 3.05) is 12.8 Å². The number of carbonyl (C=O) groups excluding carboxylic acids is 1. The Bertz CT molecular complexity index is 718. The highest BCUT2D eigenvalue weighted by atomic mass is 35.5. The number of esters is 1. The summed E-state index contributed by atoms with van der Waals surface area (Å²) in [4.78, 5) is 15.5. The molecule has 1 unspecified atom stereocenters. The van der Waals surface area contributed by atoms with E-state index in [0.717, 1.165) is 7.11 Å². The van der Waals surface area contributed by atoms with Gasteiger partial charge in [0.05, 0.1) is 17.8 Å². The SMILES string of the molecule is COC(=O)c1nc(-c2ccc(C(C)F)cc2)c(F)c(N)c1Cl. The summed E-state index contributed by atoms with van der Waals surface area (Å²) in [5.41, 5.74) is 5.54. The largest absolute Gasteiger partial charge is 0.464 e. The van der Waals surface area contributed by atoms with Gasteiger partial charge in [-0.3, -0.25) is 0 Å². The second kappa shape index (κ2) is 6.27. The first-order valence-electron chi connectivity index (χ1n) is 6.34. The Hall–Kier alpha value is -2.21. The quantitative estimate of drug-likeness (QED) is 0.868. The van der Waals surface area contributed by atoms with Crippen molar-refractivity contribution >= 4 is 23.3 Å². The first-order valence-corrected chi connectivity index (χ1v) is 6.71. The number of ether oxygens (including phenoxy) is 1. The van der Waals surface area contributed by atoms with Crippen molar-refractivity contribution in [3.05, 3.63) is 46.4 Å². The van der Waals surface area contributed by atoms with Gasteiger partial charge in [-0.2, -0.15) is 0 Å². The van der Waals surface area contributed by atoms with Gasteiger partial charge in [-0.15, -0.1) is 0 Å². The van der Waals surface area contributed by atoms with Gasteiger partial charge >= 0.3 is 5.97 Å². The molecule has 1 atom stereocenters. The number of nitrogens with zero attached hydrogens (tertiary/aromatic N) is 1. The van der Waals surface area contributed by atoms with E-state index in [0.29, 0.717) is 11.1 Å². The predicted octanol–water partition coefficient (Wildman–Crippen LogP) is 3.94. The maximum absolute atomic E-state index is 14.3. The fourth-order valence-corrected chi connectivity index (χ4v) is 2.09. The van der Waals surface area contributed by atoms with Crippen molar-refractivity contribution in [3.63, 3.8) is 0 Å². The van der Waals surface area contributed by atoms with E-state index in [-0.39, 0.29) is 16.4 Å². The summed E-state index contributed by atoms with van der Waals surface area (Å²) in [6, 6.07) is 5.99. The zero-order chi connectivity index (χ0) is 16.4. The lowest BCUT2D eigenvalue weighted by molar-refractivity contribution is 0.0594. The lowest BCUT2D eigenvalue weighted by Crippen LogP contribution is -2.10. The average molecular weight is 327 g/mol. The number of anilines is 1. The van der Waals surface area contributed by atoms with Crippen LogP contribution in [0.2, 0.25) is 5.02 Å². The van der Waals surface area contributed by atoms with Crippen LogP contribution in [0.25, 0.3) is 11.3 Å². The number of benzene rings is 1. The lowest BCUT2D eigenvalue weighted by atomic mass is 10.1. The van der Waals surface area contributed by atoms with Crippen molar-refractivity contribution in [1.82, 2.24) is 4.98 Å². The molecule has 116 valence electrons. The van der Waals surface area contributed by atoms with E-state index in [9.17, 15) is 13.6 Å². The number of halogens is 3. The van der Waals surface area contributed by atoms with Gasteiger partial charge in [-0.25, -0.2) is 18.6 Å². The van der Waals surface area contributed by atoms with Crippen molar-refractivity contribution in [2.24, 2.45) is 0 Å². The summed E-state index contributed by atoms with van der Waals surface area (Å²) in [7, 11) is 1.15. The van der Waals surface area contributed by atoms with Gasteiger partial charge in [0.2, 0.25) is 0 Å². The molecular formula is C15H13ClF2N2O2. The van der Waals surface area contributed by atoms with E-state index in [4.69, 9.17) is 17.3 Å². The van der Waals surface area contributed by atoms with Crippen LogP contribution in [0.5, 0.6) is 0 Å². The number of alkyl halides is 1. The van der Waals surface area contributed by atoms with Crippen LogP contribution in [0, 0.1) is 5.82 Å². The molecule has 0 bridgehead atoms. The molecule has 7 heteroatoms. The van der Waals surface area contributed by atoms with Crippen LogP contribution in [0.1, 0.15) is 29.1 Å². The van der Waals surface area contributed by atoms with Gasteiger partial charge in [-0.1, -0.05) is 35.9 Å². The molecule has 0 amide bonds. The van der Waals surface area contributed by atoms with E-state index in [2.05, 4.69) is 9.72 Å². The summed E-state index contributed by atoms with van der Waals surface area (Å²) < 4.78 is 32.0. The molecule has 0 aliphatic heterocycles. The van der Waals surface area contributed by atoms with E-state index in [1.54, 1.807) is 0 Å². The minimum absolute atomic E-state index is 0.152.